The molecule has 0 aliphatic heterocycles. The minimum absolute atomic E-state index is 0. The number of nitrogens with one attached hydrogen (secondary N) is 2. The fraction of sp³-hybridized carbons (Fsp3) is 0.250. The van der Waals surface area contributed by atoms with Crippen molar-refractivity contribution in [1.82, 2.24) is 10.3 Å². The second-order valence-corrected chi connectivity index (χ2v) is 6.37. The van der Waals surface area contributed by atoms with Crippen LogP contribution in [0.3, 0.4) is 0 Å². The van der Waals surface area contributed by atoms with E-state index < -0.39 is 0 Å². The third-order valence-electron chi connectivity index (χ3n) is 4.11. The van der Waals surface area contributed by atoms with Gasteiger partial charge in [0.2, 0.25) is 0 Å². The molecular weight excluding hydrogens is 399 g/mol. The van der Waals surface area contributed by atoms with E-state index in [9.17, 15) is 4.79 Å². The van der Waals surface area contributed by atoms with Crippen LogP contribution in [-0.2, 0) is 0 Å². The first-order chi connectivity index (χ1) is 14.1. The van der Waals surface area contributed by atoms with Crippen LogP contribution in [0.5, 0.6) is 0 Å². The van der Waals surface area contributed by atoms with Gasteiger partial charge in [0.25, 0.3) is 5.91 Å². The monoisotopic (exact) mass is 427 g/mol. The molecule has 1 aromatic carbocycles. The average Bonchev–Trinajstić information content (AvgIpc) is 3.26. The number of nitrogens with zero attached hydrogens (tertiary/aromatic N) is 2. The van der Waals surface area contributed by atoms with Gasteiger partial charge in [0, 0.05) is 24.1 Å². The maximum absolute atomic E-state index is 12.4. The summed E-state index contributed by atoms with van der Waals surface area (Å²) < 4.78 is 0. The maximum atomic E-state index is 12.4. The molecule has 0 saturated heterocycles. The smallest absolute Gasteiger partial charge is 0.560 e. The molecule has 1 unspecified atom stereocenters. The third kappa shape index (κ3) is 8.58. The summed E-state index contributed by atoms with van der Waals surface area (Å²) in [6.07, 6.45) is 15.0. The molecule has 152 valence electrons. The van der Waals surface area contributed by atoms with E-state index >= 15 is 0 Å². The number of aryl methyl sites for hydroxylation is 1. The van der Waals surface area contributed by atoms with E-state index in [1.807, 2.05) is 64.1 Å². The molecule has 6 heteroatoms. The van der Waals surface area contributed by atoms with Crippen LogP contribution < -0.4 is 62.0 Å². The molecule has 0 saturated carbocycles. The number of aromatic nitrogens is 1. The van der Waals surface area contributed by atoms with E-state index in [-0.39, 0.29) is 63.3 Å². The number of allylic oxidation sites excluding steroid dienone is 2. The van der Waals surface area contributed by atoms with E-state index in [0.29, 0.717) is 5.56 Å². The molecule has 3 rings (SSSR count). The number of anilines is 1. The first-order valence-electron chi connectivity index (χ1n) is 9.85. The largest absolute Gasteiger partial charge is 1.00 e. The summed E-state index contributed by atoms with van der Waals surface area (Å²) in [5, 5.41) is 6.09. The molecule has 1 aromatic heterocycles. The van der Waals surface area contributed by atoms with Gasteiger partial charge in [-0.05, 0) is 43.2 Å². The summed E-state index contributed by atoms with van der Waals surface area (Å²) in [7, 11) is 0. The molecule has 2 N–H and O–H groups in total. The number of hydrogen-bond donors (Lipinski definition) is 2. The summed E-state index contributed by atoms with van der Waals surface area (Å²) in [4.78, 5) is 20.7. The normalized spacial score (nSPS) is 14.3. The van der Waals surface area contributed by atoms with Crippen molar-refractivity contribution in [2.24, 2.45) is 4.99 Å². The number of pyridine rings is 1. The van der Waals surface area contributed by atoms with Crippen molar-refractivity contribution in [3.05, 3.63) is 90.4 Å². The van der Waals surface area contributed by atoms with Crippen molar-refractivity contribution in [1.29, 1.82) is 0 Å². The van der Waals surface area contributed by atoms with Crippen LogP contribution in [0.15, 0.2) is 66.1 Å². The SMILES string of the molecule is CC.Cc1cncc(C(=O)Nc2cccc(C(C)N[C-]=CN=C3C=CC[CH-]3)c2)c1.[K+]. The van der Waals surface area contributed by atoms with Gasteiger partial charge in [-0.25, -0.2) is 6.42 Å². The van der Waals surface area contributed by atoms with Crippen molar-refractivity contribution in [3.8, 4) is 0 Å². The Morgan fingerprint density at radius 2 is 2.10 bits per heavy atom. The molecule has 5 nitrogen and oxygen atoms in total. The molecular formula is C24H28KN4O-. The van der Waals surface area contributed by atoms with Crippen molar-refractivity contribution in [2.75, 3.05) is 5.32 Å². The quantitative estimate of drug-likeness (QED) is 0.422. The predicted octanol–water partition coefficient (Wildman–Crippen LogP) is 2.20. The molecule has 1 aliphatic carbocycles. The molecule has 1 aliphatic rings. The van der Waals surface area contributed by atoms with E-state index in [1.54, 1.807) is 18.6 Å². The van der Waals surface area contributed by atoms with Crippen LogP contribution in [0.1, 0.15) is 54.7 Å². The number of carbonyl (C=O) groups is 1. The Hall–Kier alpha value is -1.70. The third-order valence-corrected chi connectivity index (χ3v) is 4.11. The number of aliphatic imine (C=N–C) groups is 1. The standard InChI is InChI=1S/C22H22N4O.C2H6.K/c1-16-12-19(15-23-14-16)22(27)26-21-9-5-6-18(13-21)17(2)24-10-11-25-20-7-3-4-8-20;1-2;/h3,5-9,11-15,17,24H,4H2,1-2H3,(H,26,27);1-2H3;/q-2;;+1. The Labute approximate surface area is 222 Å². The van der Waals surface area contributed by atoms with Crippen molar-refractivity contribution >= 4 is 17.3 Å². The number of amides is 1. The van der Waals surface area contributed by atoms with Gasteiger partial charge in [-0.2, -0.15) is 12.2 Å². The Morgan fingerprint density at radius 3 is 2.80 bits per heavy atom. The second-order valence-electron chi connectivity index (χ2n) is 6.37. The number of hydrogen-bond acceptors (Lipinski definition) is 4. The molecule has 0 bridgehead atoms. The number of carbonyl (C=O) groups excluding carboxylic acids is 1. The van der Waals surface area contributed by atoms with Gasteiger partial charge < -0.3 is 21.8 Å². The van der Waals surface area contributed by atoms with Gasteiger partial charge in [-0.1, -0.05) is 32.4 Å². The van der Waals surface area contributed by atoms with Crippen LogP contribution in [0.4, 0.5) is 5.69 Å². The second kappa shape index (κ2) is 14.3. The minimum atomic E-state index is -0.174. The van der Waals surface area contributed by atoms with Gasteiger partial charge in [0.15, 0.2) is 0 Å². The van der Waals surface area contributed by atoms with E-state index in [4.69, 9.17) is 0 Å². The summed E-state index contributed by atoms with van der Waals surface area (Å²) >= 11 is 0. The zero-order valence-corrected chi connectivity index (χ0v) is 21.6. The predicted molar refractivity (Wildman–Crippen MR) is 120 cm³/mol. The van der Waals surface area contributed by atoms with Gasteiger partial charge in [-0.15, -0.1) is 11.9 Å². The molecule has 0 radical (unpaired) electrons. The van der Waals surface area contributed by atoms with Gasteiger partial charge in [0.05, 0.1) is 5.56 Å². The van der Waals surface area contributed by atoms with Crippen LogP contribution in [0.2, 0.25) is 0 Å². The van der Waals surface area contributed by atoms with Crippen molar-refractivity contribution in [2.45, 2.75) is 40.2 Å². The van der Waals surface area contributed by atoms with E-state index in [1.165, 1.54) is 0 Å². The van der Waals surface area contributed by atoms with Crippen LogP contribution in [-0.4, -0.2) is 16.6 Å². The summed E-state index contributed by atoms with van der Waals surface area (Å²) in [6.45, 7) is 7.94. The van der Waals surface area contributed by atoms with Gasteiger partial charge >= 0.3 is 51.4 Å². The van der Waals surface area contributed by atoms with E-state index in [0.717, 1.165) is 28.9 Å². The molecule has 1 amide bonds. The topological polar surface area (TPSA) is 66.4 Å². The van der Waals surface area contributed by atoms with Gasteiger partial charge in [0.1, 0.15) is 0 Å². The Morgan fingerprint density at radius 1 is 1.30 bits per heavy atom. The fourth-order valence-electron chi connectivity index (χ4n) is 2.66. The molecule has 1 heterocycles. The van der Waals surface area contributed by atoms with Crippen molar-refractivity contribution in [3.63, 3.8) is 0 Å². The summed E-state index contributed by atoms with van der Waals surface area (Å²) in [5.41, 5.74) is 4.22. The van der Waals surface area contributed by atoms with Gasteiger partial charge in [-0.3, -0.25) is 9.78 Å². The van der Waals surface area contributed by atoms with Crippen LogP contribution in [0.25, 0.3) is 0 Å². The zero-order valence-electron chi connectivity index (χ0n) is 18.4. The molecule has 0 spiro atoms. The molecule has 30 heavy (non-hydrogen) atoms. The minimum Gasteiger partial charge on any atom is -0.560 e. The molecule has 1 atom stereocenters. The number of benzene rings is 1. The molecule has 2 aromatic rings. The van der Waals surface area contributed by atoms with Crippen molar-refractivity contribution < 1.29 is 56.2 Å². The Kier molecular flexibility index (Phi) is 12.6. The summed E-state index contributed by atoms with van der Waals surface area (Å²) in [5.74, 6) is -0.174. The first kappa shape index (κ1) is 26.3. The van der Waals surface area contributed by atoms with Crippen LogP contribution >= 0.6 is 0 Å². The number of rotatable bonds is 6. The Balaban J connectivity index is 0.00000146. The fourth-order valence-corrected chi connectivity index (χ4v) is 2.66. The maximum Gasteiger partial charge on any atom is 1.00 e. The van der Waals surface area contributed by atoms with Crippen LogP contribution in [0, 0.1) is 19.5 Å². The summed E-state index contributed by atoms with van der Waals surface area (Å²) in [6, 6.07) is 9.57. The zero-order chi connectivity index (χ0) is 21.1. The first-order valence-corrected chi connectivity index (χ1v) is 9.85. The average molecular weight is 428 g/mol. The van der Waals surface area contributed by atoms with E-state index in [2.05, 4.69) is 39.3 Å². The Bertz CT molecular complexity index is 906. The molecule has 0 fully saturated rings.